The van der Waals surface area contributed by atoms with Crippen LogP contribution < -0.4 is 11.1 Å². The molecule has 0 saturated heterocycles. The molecular weight excluding hydrogens is 340 g/mol. The molecule has 26 heavy (non-hydrogen) atoms. The van der Waals surface area contributed by atoms with E-state index in [-0.39, 0.29) is 63.3 Å². The topological polar surface area (TPSA) is 159 Å². The van der Waals surface area contributed by atoms with Crippen LogP contribution >= 0.6 is 0 Å². The van der Waals surface area contributed by atoms with Crippen LogP contribution in [-0.4, -0.2) is 50.6 Å². The van der Waals surface area contributed by atoms with Gasteiger partial charge in [-0.05, 0) is 19.1 Å². The van der Waals surface area contributed by atoms with Crippen molar-refractivity contribution in [1.82, 2.24) is 15.3 Å². The van der Waals surface area contributed by atoms with E-state index in [1.54, 1.807) is 0 Å². The average molecular weight is 356 g/mol. The van der Waals surface area contributed by atoms with Crippen LogP contribution in [0.25, 0.3) is 22.1 Å². The van der Waals surface area contributed by atoms with Gasteiger partial charge in [-0.15, -0.1) is 0 Å². The lowest BCUT2D eigenvalue weighted by molar-refractivity contribution is 0.0956. The smallest absolute Gasteiger partial charge is 0.253 e. The summed E-state index contributed by atoms with van der Waals surface area (Å²) < 4.78 is 0. The standard InChI is InChI=1S/C17H16N4O5/c1-7-15(24)9(6-22)12-14(16(7)25)21-11-8(17(26)19-5-4-18)2-3-10(23)13(11)20-12/h2-3,6,23-25H,4-5,18H2,1H3,(H,19,26). The van der Waals surface area contributed by atoms with Crippen LogP contribution in [0.4, 0.5) is 0 Å². The molecule has 0 radical (unpaired) electrons. The van der Waals surface area contributed by atoms with Crippen LogP contribution in [0.15, 0.2) is 12.1 Å². The van der Waals surface area contributed by atoms with Crippen LogP contribution in [0.3, 0.4) is 0 Å². The zero-order valence-electron chi connectivity index (χ0n) is 13.8. The predicted octanol–water partition coefficient (Wildman–Crippen LogP) is 0.709. The molecule has 0 unspecified atom stereocenters. The number of fused-ring (bicyclic) bond motifs is 2. The molecule has 3 rings (SSSR count). The number of nitrogens with one attached hydrogen (secondary N) is 1. The number of carbonyl (C=O) groups excluding carboxylic acids is 2. The van der Waals surface area contributed by atoms with E-state index in [9.17, 15) is 24.9 Å². The zero-order valence-corrected chi connectivity index (χ0v) is 13.8. The summed E-state index contributed by atoms with van der Waals surface area (Å²) in [5.74, 6) is -1.52. The Morgan fingerprint density at radius 2 is 1.81 bits per heavy atom. The van der Waals surface area contributed by atoms with E-state index in [2.05, 4.69) is 15.3 Å². The first-order valence-electron chi connectivity index (χ1n) is 7.72. The molecule has 0 aliphatic heterocycles. The molecule has 0 saturated carbocycles. The van der Waals surface area contributed by atoms with E-state index in [4.69, 9.17) is 5.73 Å². The Kier molecular flexibility index (Phi) is 4.31. The van der Waals surface area contributed by atoms with Gasteiger partial charge < -0.3 is 26.4 Å². The summed E-state index contributed by atoms with van der Waals surface area (Å²) >= 11 is 0. The summed E-state index contributed by atoms with van der Waals surface area (Å²) in [5, 5.41) is 33.1. The number of benzene rings is 2. The van der Waals surface area contributed by atoms with Gasteiger partial charge >= 0.3 is 0 Å². The van der Waals surface area contributed by atoms with Crippen LogP contribution in [0, 0.1) is 6.92 Å². The summed E-state index contributed by atoms with van der Waals surface area (Å²) in [6.07, 6.45) is 0.388. The number of hydrogen-bond acceptors (Lipinski definition) is 8. The van der Waals surface area contributed by atoms with E-state index < -0.39 is 11.7 Å². The predicted molar refractivity (Wildman–Crippen MR) is 93.6 cm³/mol. The minimum atomic E-state index is -0.472. The molecule has 1 aromatic heterocycles. The van der Waals surface area contributed by atoms with Gasteiger partial charge in [0.25, 0.3) is 5.91 Å². The summed E-state index contributed by atoms with van der Waals surface area (Å²) in [7, 11) is 0. The number of nitrogens with zero attached hydrogens (tertiary/aromatic N) is 2. The van der Waals surface area contributed by atoms with E-state index in [1.165, 1.54) is 19.1 Å². The highest BCUT2D eigenvalue weighted by atomic mass is 16.3. The highest BCUT2D eigenvalue weighted by molar-refractivity contribution is 6.09. The maximum Gasteiger partial charge on any atom is 0.253 e. The third-order valence-electron chi connectivity index (χ3n) is 4.04. The highest BCUT2D eigenvalue weighted by Gasteiger charge is 2.22. The van der Waals surface area contributed by atoms with Gasteiger partial charge in [0.15, 0.2) is 6.29 Å². The Bertz CT molecular complexity index is 1060. The number of rotatable bonds is 4. The molecule has 0 aliphatic rings. The number of nitrogens with two attached hydrogens (primary N) is 1. The number of phenols is 3. The van der Waals surface area contributed by atoms with Gasteiger partial charge in [-0.25, -0.2) is 9.97 Å². The average Bonchev–Trinajstić information content (AvgIpc) is 2.64. The first-order valence-corrected chi connectivity index (χ1v) is 7.72. The van der Waals surface area contributed by atoms with Crippen molar-refractivity contribution in [3.05, 3.63) is 28.8 Å². The van der Waals surface area contributed by atoms with Gasteiger partial charge in [-0.1, -0.05) is 0 Å². The Hall–Kier alpha value is -3.46. The molecular formula is C17H16N4O5. The molecule has 134 valence electrons. The Morgan fingerprint density at radius 3 is 2.46 bits per heavy atom. The largest absolute Gasteiger partial charge is 0.507 e. The van der Waals surface area contributed by atoms with Gasteiger partial charge in [0.2, 0.25) is 0 Å². The van der Waals surface area contributed by atoms with Crippen LogP contribution in [0.5, 0.6) is 17.2 Å². The van der Waals surface area contributed by atoms with Crippen molar-refractivity contribution in [2.24, 2.45) is 5.73 Å². The quantitative estimate of drug-likeness (QED) is 0.337. The first kappa shape index (κ1) is 17.4. The lowest BCUT2D eigenvalue weighted by Crippen LogP contribution is -2.29. The molecule has 1 amide bonds. The van der Waals surface area contributed by atoms with Crippen LogP contribution in [0.2, 0.25) is 0 Å². The molecule has 0 atom stereocenters. The molecule has 0 fully saturated rings. The summed E-state index contributed by atoms with van der Waals surface area (Å²) in [5.41, 5.74) is 5.26. The molecule has 6 N–H and O–H groups in total. The number of aldehydes is 1. The van der Waals surface area contributed by atoms with Crippen LogP contribution in [0.1, 0.15) is 26.3 Å². The Labute approximate surface area is 147 Å². The molecule has 0 spiro atoms. The third-order valence-corrected chi connectivity index (χ3v) is 4.04. The molecule has 0 bridgehead atoms. The second-order valence-corrected chi connectivity index (χ2v) is 5.65. The number of carbonyl (C=O) groups is 2. The molecule has 3 aromatic rings. The second-order valence-electron chi connectivity index (χ2n) is 5.65. The summed E-state index contributed by atoms with van der Waals surface area (Å²) in [4.78, 5) is 32.1. The monoisotopic (exact) mass is 356 g/mol. The Balaban J connectivity index is 2.41. The van der Waals surface area contributed by atoms with Crippen molar-refractivity contribution in [1.29, 1.82) is 0 Å². The Morgan fingerprint density at radius 1 is 1.12 bits per heavy atom. The second kappa shape index (κ2) is 6.45. The number of hydrogen-bond donors (Lipinski definition) is 5. The van der Waals surface area contributed by atoms with Crippen molar-refractivity contribution in [2.75, 3.05) is 13.1 Å². The van der Waals surface area contributed by atoms with Gasteiger partial charge in [0.1, 0.15) is 39.3 Å². The minimum absolute atomic E-state index is 0.0383. The molecule has 1 heterocycles. The highest BCUT2D eigenvalue weighted by Crippen LogP contribution is 2.38. The van der Waals surface area contributed by atoms with Crippen molar-refractivity contribution in [2.45, 2.75) is 6.92 Å². The third kappa shape index (κ3) is 2.54. The SMILES string of the molecule is Cc1c(O)c(C=O)c2nc3c(O)ccc(C(=O)NCCN)c3nc2c1O. The van der Waals surface area contributed by atoms with E-state index >= 15 is 0 Å². The maximum atomic E-state index is 12.3. The maximum absolute atomic E-state index is 12.3. The summed E-state index contributed by atoms with van der Waals surface area (Å²) in [6, 6.07) is 2.64. The fourth-order valence-electron chi connectivity index (χ4n) is 2.65. The van der Waals surface area contributed by atoms with Gasteiger partial charge in [0.05, 0.1) is 11.1 Å². The lowest BCUT2D eigenvalue weighted by atomic mass is 10.0. The molecule has 9 heteroatoms. The molecule has 9 nitrogen and oxygen atoms in total. The number of aromatic nitrogens is 2. The minimum Gasteiger partial charge on any atom is -0.507 e. The van der Waals surface area contributed by atoms with E-state index in [1.807, 2.05) is 0 Å². The lowest BCUT2D eigenvalue weighted by Gasteiger charge is -2.12. The van der Waals surface area contributed by atoms with Crippen molar-refractivity contribution in [3.63, 3.8) is 0 Å². The van der Waals surface area contributed by atoms with Crippen molar-refractivity contribution >= 4 is 34.3 Å². The summed E-state index contributed by atoms with van der Waals surface area (Å²) in [6.45, 7) is 1.91. The first-order chi connectivity index (χ1) is 12.4. The fourth-order valence-corrected chi connectivity index (χ4v) is 2.65. The number of aromatic hydroxyl groups is 3. The number of phenolic OH excluding ortho intramolecular Hbond substituents is 3. The van der Waals surface area contributed by atoms with Crippen molar-refractivity contribution < 1.29 is 24.9 Å². The zero-order chi connectivity index (χ0) is 19.0. The molecule has 0 aliphatic carbocycles. The normalized spacial score (nSPS) is 11.0. The molecule has 2 aromatic carbocycles. The number of amides is 1. The van der Waals surface area contributed by atoms with Gasteiger partial charge in [0, 0.05) is 18.7 Å². The van der Waals surface area contributed by atoms with Gasteiger partial charge in [-0.2, -0.15) is 0 Å². The van der Waals surface area contributed by atoms with E-state index in [0.29, 0.717) is 6.29 Å². The van der Waals surface area contributed by atoms with Crippen LogP contribution in [-0.2, 0) is 0 Å². The van der Waals surface area contributed by atoms with Gasteiger partial charge in [-0.3, -0.25) is 9.59 Å². The van der Waals surface area contributed by atoms with E-state index in [0.717, 1.165) is 0 Å². The van der Waals surface area contributed by atoms with Crippen molar-refractivity contribution in [3.8, 4) is 17.2 Å². The fraction of sp³-hybridized carbons (Fsp3) is 0.176.